The first-order valence-electron chi connectivity index (χ1n) is 7.66. The van der Waals surface area contributed by atoms with E-state index in [-0.39, 0.29) is 30.0 Å². The molecule has 1 unspecified atom stereocenters. The third kappa shape index (κ3) is 3.12. The van der Waals surface area contributed by atoms with Crippen molar-refractivity contribution in [3.05, 3.63) is 0 Å². The number of amides is 1. The smallest absolute Gasteiger partial charge is 0.223 e. The van der Waals surface area contributed by atoms with Crippen LogP contribution >= 0.6 is 12.4 Å². The van der Waals surface area contributed by atoms with Crippen LogP contribution in [0.3, 0.4) is 0 Å². The van der Waals surface area contributed by atoms with E-state index in [0.717, 1.165) is 17.8 Å². The van der Waals surface area contributed by atoms with Gasteiger partial charge in [0.2, 0.25) is 5.91 Å². The fourth-order valence-electron chi connectivity index (χ4n) is 5.08. The summed E-state index contributed by atoms with van der Waals surface area (Å²) in [6, 6.07) is 0. The summed E-state index contributed by atoms with van der Waals surface area (Å²) in [6.07, 6.45) is 8.06. The van der Waals surface area contributed by atoms with E-state index in [1.165, 1.54) is 38.5 Å². The van der Waals surface area contributed by atoms with Crippen LogP contribution in [0.2, 0.25) is 0 Å². The van der Waals surface area contributed by atoms with Crippen LogP contribution in [0.25, 0.3) is 0 Å². The molecule has 4 rings (SSSR count). The zero-order valence-corrected chi connectivity index (χ0v) is 13.1. The van der Waals surface area contributed by atoms with Crippen LogP contribution in [0.5, 0.6) is 0 Å². The van der Waals surface area contributed by atoms with Gasteiger partial charge >= 0.3 is 0 Å². The maximum atomic E-state index is 12.2. The van der Waals surface area contributed by atoms with Crippen LogP contribution in [0.15, 0.2) is 0 Å². The molecule has 4 bridgehead atoms. The van der Waals surface area contributed by atoms with Crippen molar-refractivity contribution >= 4 is 18.3 Å². The molecule has 0 aromatic carbocycles. The summed E-state index contributed by atoms with van der Waals surface area (Å²) in [5.74, 6) is 2.71. The second-order valence-corrected chi connectivity index (χ2v) is 7.04. The number of hydrogen-bond donors (Lipinski definition) is 2. The predicted molar refractivity (Wildman–Crippen MR) is 80.8 cm³/mol. The average Bonchev–Trinajstić information content (AvgIpc) is 2.33. The van der Waals surface area contributed by atoms with Gasteiger partial charge in [-0.05, 0) is 56.3 Å². The van der Waals surface area contributed by atoms with Gasteiger partial charge < -0.3 is 15.8 Å². The molecule has 0 aromatic rings. The van der Waals surface area contributed by atoms with Crippen molar-refractivity contribution in [3.63, 3.8) is 0 Å². The number of ether oxygens (including phenoxy) is 1. The van der Waals surface area contributed by atoms with Gasteiger partial charge in [0.15, 0.2) is 0 Å². The van der Waals surface area contributed by atoms with Crippen LogP contribution in [0, 0.1) is 17.8 Å². The van der Waals surface area contributed by atoms with Crippen LogP contribution in [-0.2, 0) is 9.53 Å². The molecule has 0 saturated heterocycles. The molecule has 4 fully saturated rings. The summed E-state index contributed by atoms with van der Waals surface area (Å²) in [7, 11) is 1.62. The lowest BCUT2D eigenvalue weighted by atomic mass is 9.53. The SMILES string of the molecule is COC(CN)CC(=O)NC12CC3CC(CC(C3)C1)C2.Cl. The van der Waals surface area contributed by atoms with Crippen LogP contribution in [0.4, 0.5) is 0 Å². The highest BCUT2D eigenvalue weighted by Gasteiger charge is 2.51. The van der Waals surface area contributed by atoms with Crippen molar-refractivity contribution in [1.29, 1.82) is 0 Å². The maximum Gasteiger partial charge on any atom is 0.223 e. The van der Waals surface area contributed by atoms with E-state index < -0.39 is 0 Å². The summed E-state index contributed by atoms with van der Waals surface area (Å²) < 4.78 is 5.21. The Hall–Kier alpha value is -0.320. The molecule has 4 saturated carbocycles. The van der Waals surface area contributed by atoms with E-state index in [1.807, 2.05) is 0 Å². The van der Waals surface area contributed by atoms with E-state index in [9.17, 15) is 4.79 Å². The maximum absolute atomic E-state index is 12.2. The Morgan fingerprint density at radius 3 is 2.15 bits per heavy atom. The van der Waals surface area contributed by atoms with Gasteiger partial charge in [-0.2, -0.15) is 0 Å². The van der Waals surface area contributed by atoms with E-state index in [1.54, 1.807) is 7.11 Å². The molecule has 0 aliphatic heterocycles. The third-order valence-corrected chi connectivity index (χ3v) is 5.45. The van der Waals surface area contributed by atoms with Gasteiger partial charge in [0.25, 0.3) is 0 Å². The number of rotatable bonds is 5. The van der Waals surface area contributed by atoms with Crippen molar-refractivity contribution < 1.29 is 9.53 Å². The first-order valence-corrected chi connectivity index (χ1v) is 7.66. The zero-order valence-electron chi connectivity index (χ0n) is 12.3. The van der Waals surface area contributed by atoms with Crippen LogP contribution in [0.1, 0.15) is 44.9 Å². The van der Waals surface area contributed by atoms with Crippen LogP contribution in [-0.4, -0.2) is 31.2 Å². The van der Waals surface area contributed by atoms with Gasteiger partial charge in [0, 0.05) is 19.2 Å². The molecule has 20 heavy (non-hydrogen) atoms. The lowest BCUT2D eigenvalue weighted by Crippen LogP contribution is -2.60. The number of nitrogens with two attached hydrogens (primary N) is 1. The van der Waals surface area contributed by atoms with Crippen molar-refractivity contribution in [2.45, 2.75) is 56.6 Å². The van der Waals surface area contributed by atoms with Gasteiger partial charge in [0.1, 0.15) is 0 Å². The Balaban J connectivity index is 0.00000147. The molecular weight excluding hydrogens is 276 g/mol. The molecule has 4 aliphatic rings. The van der Waals surface area contributed by atoms with Crippen molar-refractivity contribution in [1.82, 2.24) is 5.32 Å². The van der Waals surface area contributed by atoms with Crippen molar-refractivity contribution in [2.75, 3.05) is 13.7 Å². The molecule has 5 heteroatoms. The molecule has 116 valence electrons. The highest BCUT2D eigenvalue weighted by Crippen LogP contribution is 2.55. The Kier molecular flexibility index (Phi) is 4.98. The number of hydrogen-bond acceptors (Lipinski definition) is 3. The molecule has 0 radical (unpaired) electrons. The van der Waals surface area contributed by atoms with E-state index in [4.69, 9.17) is 10.5 Å². The molecular formula is C15H27ClN2O2. The van der Waals surface area contributed by atoms with E-state index in [0.29, 0.717) is 13.0 Å². The second kappa shape index (κ2) is 6.20. The minimum atomic E-state index is -0.145. The summed E-state index contributed by atoms with van der Waals surface area (Å²) in [4.78, 5) is 12.2. The number of methoxy groups -OCH3 is 1. The van der Waals surface area contributed by atoms with Gasteiger partial charge in [0.05, 0.1) is 12.5 Å². The van der Waals surface area contributed by atoms with Gasteiger partial charge in [-0.1, -0.05) is 0 Å². The van der Waals surface area contributed by atoms with Gasteiger partial charge in [-0.15, -0.1) is 12.4 Å². The quantitative estimate of drug-likeness (QED) is 0.815. The summed E-state index contributed by atoms with van der Waals surface area (Å²) >= 11 is 0. The number of nitrogens with one attached hydrogen (secondary N) is 1. The molecule has 0 spiro atoms. The summed E-state index contributed by atoms with van der Waals surface area (Å²) in [5, 5.41) is 3.35. The normalized spacial score (nSPS) is 39.2. The highest BCUT2D eigenvalue weighted by atomic mass is 35.5. The van der Waals surface area contributed by atoms with Gasteiger partial charge in [-0.25, -0.2) is 0 Å². The van der Waals surface area contributed by atoms with E-state index in [2.05, 4.69) is 5.32 Å². The minimum Gasteiger partial charge on any atom is -0.380 e. The highest BCUT2D eigenvalue weighted by molar-refractivity contribution is 5.85. The average molecular weight is 303 g/mol. The Morgan fingerprint density at radius 2 is 1.75 bits per heavy atom. The number of carbonyl (C=O) groups is 1. The number of carbonyl (C=O) groups excluding carboxylic acids is 1. The lowest BCUT2D eigenvalue weighted by molar-refractivity contribution is -0.129. The fourth-order valence-corrected chi connectivity index (χ4v) is 5.08. The molecule has 0 aromatic heterocycles. The largest absolute Gasteiger partial charge is 0.380 e. The molecule has 0 heterocycles. The first-order chi connectivity index (χ1) is 9.12. The Labute approximate surface area is 127 Å². The fraction of sp³-hybridized carbons (Fsp3) is 0.933. The monoisotopic (exact) mass is 302 g/mol. The number of halogens is 1. The molecule has 4 nitrogen and oxygen atoms in total. The van der Waals surface area contributed by atoms with Crippen molar-refractivity contribution in [3.8, 4) is 0 Å². The summed E-state index contributed by atoms with van der Waals surface area (Å²) in [6.45, 7) is 0.408. The van der Waals surface area contributed by atoms with E-state index >= 15 is 0 Å². The molecule has 4 aliphatic carbocycles. The van der Waals surface area contributed by atoms with Crippen LogP contribution < -0.4 is 11.1 Å². The first kappa shape index (κ1) is 16.1. The van der Waals surface area contributed by atoms with Crippen molar-refractivity contribution in [2.24, 2.45) is 23.5 Å². The Morgan fingerprint density at radius 1 is 1.25 bits per heavy atom. The predicted octanol–water partition coefficient (Wildman–Crippen LogP) is 1.86. The third-order valence-electron chi connectivity index (χ3n) is 5.45. The van der Waals surface area contributed by atoms with Gasteiger partial charge in [-0.3, -0.25) is 4.79 Å². The second-order valence-electron chi connectivity index (χ2n) is 7.04. The molecule has 3 N–H and O–H groups in total. The minimum absolute atomic E-state index is 0. The zero-order chi connectivity index (χ0) is 13.5. The topological polar surface area (TPSA) is 64.3 Å². The molecule has 1 amide bonds. The standard InChI is InChI=1S/C15H26N2O2.ClH/c1-19-13(9-16)5-14(18)17-15-6-10-2-11(7-15)4-12(3-10)8-15;/h10-13H,2-9,16H2,1H3,(H,17,18);1H. The molecule has 1 atom stereocenters. The Bertz CT molecular complexity index is 322. The summed E-state index contributed by atoms with van der Waals surface area (Å²) in [5.41, 5.74) is 5.70. The lowest BCUT2D eigenvalue weighted by Gasteiger charge is -2.57.